The van der Waals surface area contributed by atoms with Crippen molar-refractivity contribution in [2.24, 2.45) is 0 Å². The average Bonchev–Trinajstić information content (AvgIpc) is 3.93. The van der Waals surface area contributed by atoms with Crippen LogP contribution in [-0.2, 0) is 0 Å². The lowest BCUT2D eigenvalue weighted by Gasteiger charge is -2.28. The first-order valence-electron chi connectivity index (χ1n) is 22.2. The van der Waals surface area contributed by atoms with Gasteiger partial charge in [0.25, 0.3) is 0 Å². The summed E-state index contributed by atoms with van der Waals surface area (Å²) in [6, 6.07) is 87.8. The highest BCUT2D eigenvalue weighted by atomic mass is 16.3. The maximum absolute atomic E-state index is 6.67. The molecule has 0 saturated carbocycles. The average molecular weight is 829 g/mol. The maximum Gasteiger partial charge on any atom is 0.143 e. The minimum absolute atomic E-state index is 0.887. The Labute approximate surface area is 376 Å². The molecule has 0 fully saturated rings. The van der Waals surface area contributed by atoms with Gasteiger partial charge in [-0.3, -0.25) is 0 Å². The SMILES string of the molecule is c1ccc(-c2ccc(-c3ccc(N(c4ccc5ccc6ccccc6c5c4)c4ccccc4-c4cccc5c4oc4ccccc45)cc3)c(-n3c4ccccc4c4ccccc43)c2)cc1. The molecular weight excluding hydrogens is 789 g/mol. The first kappa shape index (κ1) is 36.9. The molecule has 0 amide bonds. The lowest BCUT2D eigenvalue weighted by Crippen LogP contribution is -2.11. The molecule has 0 unspecified atom stereocenters. The second kappa shape index (κ2) is 15.0. The van der Waals surface area contributed by atoms with Gasteiger partial charge in [0.2, 0.25) is 0 Å². The van der Waals surface area contributed by atoms with E-state index in [9.17, 15) is 0 Å². The van der Waals surface area contributed by atoms with Crippen LogP contribution in [0.2, 0.25) is 0 Å². The van der Waals surface area contributed by atoms with Crippen LogP contribution in [-0.4, -0.2) is 4.57 Å². The fourth-order valence-corrected chi connectivity index (χ4v) is 10.2. The molecule has 11 aromatic carbocycles. The van der Waals surface area contributed by atoms with Crippen LogP contribution < -0.4 is 4.90 Å². The predicted molar refractivity (Wildman–Crippen MR) is 274 cm³/mol. The molecular formula is C62H40N2O. The molecule has 0 N–H and O–H groups in total. The van der Waals surface area contributed by atoms with E-state index in [0.29, 0.717) is 0 Å². The second-order valence-corrected chi connectivity index (χ2v) is 16.8. The van der Waals surface area contributed by atoms with Gasteiger partial charge in [0.15, 0.2) is 0 Å². The maximum atomic E-state index is 6.67. The Hall–Kier alpha value is -8.66. The van der Waals surface area contributed by atoms with E-state index >= 15 is 0 Å². The second-order valence-electron chi connectivity index (χ2n) is 16.8. The molecule has 65 heavy (non-hydrogen) atoms. The summed E-state index contributed by atoms with van der Waals surface area (Å²) in [5, 5.41) is 9.59. The molecule has 3 heteroatoms. The number of furan rings is 1. The van der Waals surface area contributed by atoms with Crippen LogP contribution in [0.5, 0.6) is 0 Å². The number of fused-ring (bicyclic) bond motifs is 9. The van der Waals surface area contributed by atoms with E-state index in [0.717, 1.165) is 66.9 Å². The zero-order chi connectivity index (χ0) is 42.8. The Bertz CT molecular complexity index is 3900. The minimum Gasteiger partial charge on any atom is -0.455 e. The standard InChI is InChI=1S/C62H40N2O/c1-2-15-41(16-3-1)45-34-38-49(60(39-45)64-58-26-11-6-19-50(58)51-20-7-12-27-59(51)64)43-31-35-46(36-32-43)63(47-37-33-44-30-29-42-17-4-5-18-48(42)56(44)40-47)57-25-10-8-21-52(57)54-23-14-24-55-53-22-9-13-28-61(53)65-62(54)55/h1-40H. The van der Waals surface area contributed by atoms with Gasteiger partial charge >= 0.3 is 0 Å². The number of anilines is 3. The molecule has 0 spiro atoms. The van der Waals surface area contributed by atoms with Gasteiger partial charge in [-0.25, -0.2) is 0 Å². The van der Waals surface area contributed by atoms with Gasteiger partial charge in [0, 0.05) is 49.6 Å². The Morgan fingerprint density at radius 1 is 0.323 bits per heavy atom. The summed E-state index contributed by atoms with van der Waals surface area (Å²) in [4.78, 5) is 2.41. The molecule has 0 atom stereocenters. The Balaban J connectivity index is 1.02. The van der Waals surface area contributed by atoms with Gasteiger partial charge < -0.3 is 13.9 Å². The number of nitrogens with zero attached hydrogens (tertiary/aromatic N) is 2. The smallest absolute Gasteiger partial charge is 0.143 e. The van der Waals surface area contributed by atoms with E-state index in [4.69, 9.17) is 4.42 Å². The molecule has 304 valence electrons. The fraction of sp³-hybridized carbons (Fsp3) is 0. The molecule has 0 aliphatic rings. The molecule has 0 aliphatic carbocycles. The van der Waals surface area contributed by atoms with E-state index in [1.807, 2.05) is 6.07 Å². The van der Waals surface area contributed by atoms with Crippen molar-refractivity contribution in [1.29, 1.82) is 0 Å². The van der Waals surface area contributed by atoms with Crippen molar-refractivity contribution in [3.05, 3.63) is 243 Å². The molecule has 0 bridgehead atoms. The number of hydrogen-bond acceptors (Lipinski definition) is 2. The highest BCUT2D eigenvalue weighted by Crippen LogP contribution is 2.46. The molecule has 13 rings (SSSR count). The Morgan fingerprint density at radius 2 is 0.908 bits per heavy atom. The van der Waals surface area contributed by atoms with Crippen LogP contribution in [0.4, 0.5) is 17.1 Å². The first-order valence-corrected chi connectivity index (χ1v) is 22.2. The zero-order valence-electron chi connectivity index (χ0n) is 35.4. The summed E-state index contributed by atoms with van der Waals surface area (Å²) in [6.07, 6.45) is 0. The minimum atomic E-state index is 0.887. The van der Waals surface area contributed by atoms with Crippen molar-refractivity contribution in [3.63, 3.8) is 0 Å². The van der Waals surface area contributed by atoms with Crippen molar-refractivity contribution >= 4 is 82.4 Å². The van der Waals surface area contributed by atoms with Crippen LogP contribution in [0.1, 0.15) is 0 Å². The number of rotatable bonds is 7. The van der Waals surface area contributed by atoms with Crippen LogP contribution in [0.3, 0.4) is 0 Å². The van der Waals surface area contributed by atoms with Gasteiger partial charge in [-0.05, 0) is 92.8 Å². The summed E-state index contributed by atoms with van der Waals surface area (Å²) >= 11 is 0. The van der Waals surface area contributed by atoms with E-state index in [1.165, 1.54) is 54.5 Å². The molecule has 3 nitrogen and oxygen atoms in total. The molecule has 2 heterocycles. The van der Waals surface area contributed by atoms with Crippen LogP contribution in [0.25, 0.3) is 104 Å². The van der Waals surface area contributed by atoms with Crippen molar-refractivity contribution in [2.75, 3.05) is 4.90 Å². The van der Waals surface area contributed by atoms with Crippen LogP contribution in [0.15, 0.2) is 247 Å². The third-order valence-electron chi connectivity index (χ3n) is 13.2. The molecule has 0 saturated heterocycles. The van der Waals surface area contributed by atoms with Crippen molar-refractivity contribution in [2.45, 2.75) is 0 Å². The topological polar surface area (TPSA) is 21.3 Å². The third-order valence-corrected chi connectivity index (χ3v) is 13.2. The van der Waals surface area contributed by atoms with E-state index in [-0.39, 0.29) is 0 Å². The summed E-state index contributed by atoms with van der Waals surface area (Å²) in [5.74, 6) is 0. The summed E-state index contributed by atoms with van der Waals surface area (Å²) < 4.78 is 9.11. The number of hydrogen-bond donors (Lipinski definition) is 0. The van der Waals surface area contributed by atoms with Gasteiger partial charge in [0.05, 0.1) is 22.4 Å². The Morgan fingerprint density at radius 3 is 1.71 bits per heavy atom. The highest BCUT2D eigenvalue weighted by Gasteiger charge is 2.22. The van der Waals surface area contributed by atoms with E-state index < -0.39 is 0 Å². The van der Waals surface area contributed by atoms with Crippen LogP contribution >= 0.6 is 0 Å². The number of aromatic nitrogens is 1. The van der Waals surface area contributed by atoms with Gasteiger partial charge in [0.1, 0.15) is 11.2 Å². The number of benzene rings is 11. The zero-order valence-corrected chi connectivity index (χ0v) is 35.4. The lowest BCUT2D eigenvalue weighted by atomic mass is 9.96. The van der Waals surface area contributed by atoms with Crippen molar-refractivity contribution in [3.8, 4) is 39.1 Å². The molecule has 2 aromatic heterocycles. The number of para-hydroxylation sites is 5. The van der Waals surface area contributed by atoms with E-state index in [2.05, 4.69) is 246 Å². The van der Waals surface area contributed by atoms with Gasteiger partial charge in [-0.2, -0.15) is 0 Å². The third kappa shape index (κ3) is 6.05. The summed E-state index contributed by atoms with van der Waals surface area (Å²) in [6.45, 7) is 0. The Kier molecular flexibility index (Phi) is 8.53. The predicted octanol–water partition coefficient (Wildman–Crippen LogP) is 17.5. The van der Waals surface area contributed by atoms with Crippen molar-refractivity contribution < 1.29 is 4.42 Å². The monoisotopic (exact) mass is 828 g/mol. The molecule has 0 radical (unpaired) electrons. The fourth-order valence-electron chi connectivity index (χ4n) is 10.2. The quantitative estimate of drug-likeness (QED) is 0.149. The van der Waals surface area contributed by atoms with Gasteiger partial charge in [-0.1, -0.05) is 188 Å². The lowest BCUT2D eigenvalue weighted by molar-refractivity contribution is 0.670. The first-order chi connectivity index (χ1) is 32.2. The van der Waals surface area contributed by atoms with Crippen molar-refractivity contribution in [1.82, 2.24) is 4.57 Å². The normalized spacial score (nSPS) is 11.7. The van der Waals surface area contributed by atoms with Crippen LogP contribution in [0, 0.1) is 0 Å². The molecule has 13 aromatic rings. The highest BCUT2D eigenvalue weighted by molar-refractivity contribution is 6.13. The largest absolute Gasteiger partial charge is 0.455 e. The van der Waals surface area contributed by atoms with Gasteiger partial charge in [-0.15, -0.1) is 0 Å². The van der Waals surface area contributed by atoms with E-state index in [1.54, 1.807) is 0 Å². The summed E-state index contributed by atoms with van der Waals surface area (Å²) in [7, 11) is 0. The summed E-state index contributed by atoms with van der Waals surface area (Å²) in [5.41, 5.74) is 15.3. The molecule has 0 aliphatic heterocycles.